The molecule has 2 fully saturated rings. The molecule has 0 N–H and O–H groups in total. The predicted octanol–water partition coefficient (Wildman–Crippen LogP) is 3.77. The van der Waals surface area contributed by atoms with Gasteiger partial charge in [-0.25, -0.2) is 0 Å². The normalized spacial score (nSPS) is 23.3. The summed E-state index contributed by atoms with van der Waals surface area (Å²) in [6, 6.07) is 11.5. The molecule has 19 heavy (non-hydrogen) atoms. The summed E-state index contributed by atoms with van der Waals surface area (Å²) < 4.78 is 5.50. The summed E-state index contributed by atoms with van der Waals surface area (Å²) in [5.41, 5.74) is 2.43. The molecule has 1 saturated carbocycles. The molecule has 0 radical (unpaired) electrons. The molecule has 1 aliphatic carbocycles. The van der Waals surface area contributed by atoms with Crippen molar-refractivity contribution in [3.63, 3.8) is 0 Å². The van der Waals surface area contributed by atoms with Crippen molar-refractivity contribution < 1.29 is 4.74 Å². The molecule has 0 atom stereocenters. The van der Waals surface area contributed by atoms with Crippen LogP contribution in [0.5, 0.6) is 0 Å². The molecule has 1 aliphatic heterocycles. The van der Waals surface area contributed by atoms with E-state index < -0.39 is 0 Å². The third kappa shape index (κ3) is 1.65. The third-order valence-corrected chi connectivity index (χ3v) is 5.16. The summed E-state index contributed by atoms with van der Waals surface area (Å²) >= 11 is 0. The first-order chi connectivity index (χ1) is 9.13. The van der Waals surface area contributed by atoms with E-state index in [-0.39, 0.29) is 10.8 Å². The fourth-order valence-electron chi connectivity index (χ4n) is 3.44. The van der Waals surface area contributed by atoms with Crippen LogP contribution in [0.3, 0.4) is 0 Å². The van der Waals surface area contributed by atoms with Crippen LogP contribution in [0, 0.1) is 16.7 Å². The highest BCUT2D eigenvalue weighted by Crippen LogP contribution is 2.58. The SMILES string of the molecule is CC(C)c1ccc(C2(C3(C#N)CCC3)COC2)cc1. The maximum Gasteiger partial charge on any atom is 0.0715 e. The molecule has 1 aromatic rings. The zero-order valence-electron chi connectivity index (χ0n) is 11.8. The van der Waals surface area contributed by atoms with Crippen molar-refractivity contribution in [2.75, 3.05) is 13.2 Å². The molecular formula is C17H21NO. The molecule has 0 bridgehead atoms. The fourth-order valence-corrected chi connectivity index (χ4v) is 3.44. The minimum atomic E-state index is -0.176. The number of nitrogens with zero attached hydrogens (tertiary/aromatic N) is 1. The van der Waals surface area contributed by atoms with Crippen LogP contribution in [0.15, 0.2) is 24.3 Å². The van der Waals surface area contributed by atoms with Gasteiger partial charge in [0.05, 0.1) is 30.1 Å². The number of ether oxygens (including phenoxy) is 1. The van der Waals surface area contributed by atoms with Gasteiger partial charge in [0.15, 0.2) is 0 Å². The summed E-state index contributed by atoms with van der Waals surface area (Å²) in [5, 5.41) is 9.64. The van der Waals surface area contributed by atoms with Gasteiger partial charge in [0.2, 0.25) is 0 Å². The van der Waals surface area contributed by atoms with Crippen molar-refractivity contribution in [3.05, 3.63) is 35.4 Å². The number of nitriles is 1. The maximum absolute atomic E-state index is 9.64. The highest BCUT2D eigenvalue weighted by atomic mass is 16.5. The average Bonchev–Trinajstić information content (AvgIpc) is 2.31. The Morgan fingerprint density at radius 1 is 1.16 bits per heavy atom. The van der Waals surface area contributed by atoms with Crippen LogP contribution in [0.25, 0.3) is 0 Å². The highest BCUT2D eigenvalue weighted by molar-refractivity contribution is 5.38. The lowest BCUT2D eigenvalue weighted by atomic mass is 9.50. The zero-order valence-corrected chi connectivity index (χ0v) is 11.8. The fraction of sp³-hybridized carbons (Fsp3) is 0.588. The summed E-state index contributed by atoms with van der Waals surface area (Å²) in [4.78, 5) is 0. The van der Waals surface area contributed by atoms with Gasteiger partial charge in [-0.05, 0) is 29.9 Å². The van der Waals surface area contributed by atoms with Gasteiger partial charge < -0.3 is 4.74 Å². The topological polar surface area (TPSA) is 33.0 Å². The quantitative estimate of drug-likeness (QED) is 0.823. The standard InChI is InChI=1S/C17H21NO/c1-13(2)14-4-6-15(7-5-14)17(11-19-12-17)16(10-18)8-3-9-16/h4-7,13H,3,8-9,11-12H2,1-2H3. The lowest BCUT2D eigenvalue weighted by molar-refractivity contribution is -0.134. The molecular weight excluding hydrogens is 234 g/mol. The second-order valence-corrected chi connectivity index (χ2v) is 6.40. The smallest absolute Gasteiger partial charge is 0.0715 e. The monoisotopic (exact) mass is 255 g/mol. The van der Waals surface area contributed by atoms with Gasteiger partial charge in [-0.3, -0.25) is 0 Å². The molecule has 0 amide bonds. The first kappa shape index (κ1) is 12.7. The van der Waals surface area contributed by atoms with E-state index in [2.05, 4.69) is 44.2 Å². The average molecular weight is 255 g/mol. The van der Waals surface area contributed by atoms with Gasteiger partial charge >= 0.3 is 0 Å². The Hall–Kier alpha value is -1.33. The van der Waals surface area contributed by atoms with Gasteiger partial charge in [0.1, 0.15) is 0 Å². The van der Waals surface area contributed by atoms with Crippen molar-refractivity contribution >= 4 is 0 Å². The lowest BCUT2D eigenvalue weighted by Crippen LogP contribution is -2.61. The van der Waals surface area contributed by atoms with Crippen LogP contribution < -0.4 is 0 Å². The van der Waals surface area contributed by atoms with Gasteiger partial charge in [-0.15, -0.1) is 0 Å². The largest absolute Gasteiger partial charge is 0.379 e. The van der Waals surface area contributed by atoms with E-state index in [0.717, 1.165) is 12.8 Å². The summed E-state index contributed by atoms with van der Waals surface area (Å²) in [7, 11) is 0. The van der Waals surface area contributed by atoms with Crippen molar-refractivity contribution in [3.8, 4) is 6.07 Å². The molecule has 100 valence electrons. The Bertz CT molecular complexity index is 501. The molecule has 2 heteroatoms. The molecule has 0 spiro atoms. The van der Waals surface area contributed by atoms with Crippen molar-refractivity contribution in [1.29, 1.82) is 5.26 Å². The molecule has 0 unspecified atom stereocenters. The lowest BCUT2D eigenvalue weighted by Gasteiger charge is -2.56. The second kappa shape index (κ2) is 4.35. The minimum Gasteiger partial charge on any atom is -0.379 e. The highest BCUT2D eigenvalue weighted by Gasteiger charge is 2.60. The molecule has 1 aromatic carbocycles. The maximum atomic E-state index is 9.64. The molecule has 3 rings (SSSR count). The molecule has 0 aromatic heterocycles. The van der Waals surface area contributed by atoms with E-state index in [1.165, 1.54) is 17.5 Å². The zero-order chi connectivity index (χ0) is 13.5. The number of rotatable bonds is 3. The van der Waals surface area contributed by atoms with Crippen molar-refractivity contribution in [2.45, 2.75) is 44.4 Å². The van der Waals surface area contributed by atoms with Crippen LogP contribution in [0.4, 0.5) is 0 Å². The van der Waals surface area contributed by atoms with Crippen LogP contribution in [0.1, 0.15) is 50.2 Å². The predicted molar refractivity (Wildman–Crippen MR) is 74.9 cm³/mol. The number of hydrogen-bond donors (Lipinski definition) is 0. The van der Waals surface area contributed by atoms with Crippen LogP contribution >= 0.6 is 0 Å². The van der Waals surface area contributed by atoms with Gasteiger partial charge in [-0.1, -0.05) is 44.5 Å². The Balaban J connectivity index is 1.97. The van der Waals surface area contributed by atoms with Crippen LogP contribution in [-0.4, -0.2) is 13.2 Å². The number of benzene rings is 1. The first-order valence-electron chi connectivity index (χ1n) is 7.23. The van der Waals surface area contributed by atoms with E-state index in [1.807, 2.05) is 0 Å². The van der Waals surface area contributed by atoms with E-state index in [4.69, 9.17) is 4.74 Å². The van der Waals surface area contributed by atoms with Crippen LogP contribution in [-0.2, 0) is 10.2 Å². The van der Waals surface area contributed by atoms with E-state index >= 15 is 0 Å². The van der Waals surface area contributed by atoms with E-state index in [0.29, 0.717) is 19.1 Å². The Morgan fingerprint density at radius 2 is 1.79 bits per heavy atom. The van der Waals surface area contributed by atoms with Gasteiger partial charge in [0, 0.05) is 0 Å². The van der Waals surface area contributed by atoms with E-state index in [9.17, 15) is 5.26 Å². The van der Waals surface area contributed by atoms with Crippen LogP contribution in [0.2, 0.25) is 0 Å². The molecule has 2 nitrogen and oxygen atoms in total. The Morgan fingerprint density at radius 3 is 2.11 bits per heavy atom. The summed E-state index contributed by atoms with van der Waals surface area (Å²) in [6.45, 7) is 5.84. The van der Waals surface area contributed by atoms with Gasteiger partial charge in [0.25, 0.3) is 0 Å². The van der Waals surface area contributed by atoms with Crippen molar-refractivity contribution in [1.82, 2.24) is 0 Å². The minimum absolute atomic E-state index is 0.0461. The molecule has 1 heterocycles. The Kier molecular flexibility index (Phi) is 2.91. The van der Waals surface area contributed by atoms with Crippen molar-refractivity contribution in [2.24, 2.45) is 5.41 Å². The van der Waals surface area contributed by atoms with Gasteiger partial charge in [-0.2, -0.15) is 5.26 Å². The summed E-state index contributed by atoms with van der Waals surface area (Å²) in [5.74, 6) is 0.552. The molecule has 2 aliphatic rings. The molecule has 1 saturated heterocycles. The third-order valence-electron chi connectivity index (χ3n) is 5.16. The number of hydrogen-bond acceptors (Lipinski definition) is 2. The second-order valence-electron chi connectivity index (χ2n) is 6.40. The first-order valence-corrected chi connectivity index (χ1v) is 7.23. The van der Waals surface area contributed by atoms with E-state index in [1.54, 1.807) is 0 Å². The summed E-state index contributed by atoms with van der Waals surface area (Å²) in [6.07, 6.45) is 3.23. The Labute approximate surface area is 115 Å².